The van der Waals surface area contributed by atoms with E-state index >= 15 is 0 Å². The summed E-state index contributed by atoms with van der Waals surface area (Å²) in [6.07, 6.45) is 1.74. The molecule has 0 bridgehead atoms. The Hall–Kier alpha value is -2.67. The highest BCUT2D eigenvalue weighted by Gasteiger charge is 2.11. The van der Waals surface area contributed by atoms with Crippen LogP contribution >= 0.6 is 0 Å². The fourth-order valence-electron chi connectivity index (χ4n) is 2.22. The van der Waals surface area contributed by atoms with Gasteiger partial charge in [0.05, 0.1) is 18.2 Å². The van der Waals surface area contributed by atoms with Gasteiger partial charge in [-0.25, -0.2) is 0 Å². The third-order valence-corrected chi connectivity index (χ3v) is 3.27. The Morgan fingerprint density at radius 3 is 2.91 bits per heavy atom. The first-order valence-electron chi connectivity index (χ1n) is 7.05. The zero-order valence-corrected chi connectivity index (χ0v) is 12.5. The molecular formula is C15H18N6O. The predicted octanol–water partition coefficient (Wildman–Crippen LogP) is 1.82. The number of nitrogens with zero attached hydrogens (tertiary/aromatic N) is 4. The van der Waals surface area contributed by atoms with Crippen molar-refractivity contribution in [2.45, 2.75) is 6.92 Å². The number of anilines is 3. The van der Waals surface area contributed by atoms with Gasteiger partial charge in [0.2, 0.25) is 5.95 Å². The molecule has 3 N–H and O–H groups in total. The maximum atomic E-state index is 8.94. The first-order chi connectivity index (χ1) is 10.7. The van der Waals surface area contributed by atoms with Crippen LogP contribution in [0.15, 0.2) is 30.5 Å². The van der Waals surface area contributed by atoms with Gasteiger partial charge in [-0.1, -0.05) is 12.1 Å². The van der Waals surface area contributed by atoms with Crippen LogP contribution in [-0.4, -0.2) is 38.0 Å². The van der Waals surface area contributed by atoms with Crippen molar-refractivity contribution in [2.75, 3.05) is 23.8 Å². The largest absolute Gasteiger partial charge is 0.395 e. The number of nitrogens with one attached hydrogen (secondary N) is 2. The average Bonchev–Trinajstić information content (AvgIpc) is 2.87. The van der Waals surface area contributed by atoms with Crippen LogP contribution in [0.5, 0.6) is 0 Å². The van der Waals surface area contributed by atoms with E-state index in [-0.39, 0.29) is 6.61 Å². The summed E-state index contributed by atoms with van der Waals surface area (Å²) in [4.78, 5) is 8.90. The fraction of sp³-hybridized carbons (Fsp3) is 0.267. The summed E-state index contributed by atoms with van der Waals surface area (Å²) in [5, 5.41) is 20.3. The van der Waals surface area contributed by atoms with Crippen molar-refractivity contribution in [3.63, 3.8) is 0 Å². The van der Waals surface area contributed by atoms with Gasteiger partial charge in [0.25, 0.3) is 0 Å². The van der Waals surface area contributed by atoms with Crippen molar-refractivity contribution in [3.05, 3.63) is 36.0 Å². The van der Waals surface area contributed by atoms with E-state index in [0.29, 0.717) is 18.3 Å². The van der Waals surface area contributed by atoms with Crippen LogP contribution < -0.4 is 10.6 Å². The molecule has 0 saturated carbocycles. The number of aliphatic hydroxyl groups is 1. The summed E-state index contributed by atoms with van der Waals surface area (Å²) in [7, 11) is 1.83. The zero-order valence-electron chi connectivity index (χ0n) is 12.5. The molecule has 2 heterocycles. The molecule has 0 unspecified atom stereocenters. The summed E-state index contributed by atoms with van der Waals surface area (Å²) < 4.78 is 1.70. The molecule has 0 aliphatic rings. The van der Waals surface area contributed by atoms with Crippen molar-refractivity contribution < 1.29 is 5.11 Å². The molecular weight excluding hydrogens is 280 g/mol. The Bertz CT molecular complexity index is 798. The molecule has 7 nitrogen and oxygen atoms in total. The number of benzene rings is 1. The lowest BCUT2D eigenvalue weighted by Gasteiger charge is -2.10. The molecule has 7 heteroatoms. The molecule has 3 rings (SSSR count). The molecule has 2 aromatic heterocycles. The van der Waals surface area contributed by atoms with Crippen LogP contribution in [0.1, 0.15) is 5.56 Å². The Labute approximate surface area is 128 Å². The Morgan fingerprint density at radius 1 is 1.27 bits per heavy atom. The Kier molecular flexibility index (Phi) is 3.88. The number of aromatic nitrogens is 4. The summed E-state index contributed by atoms with van der Waals surface area (Å²) in [5.41, 5.74) is 2.85. The number of rotatable bonds is 5. The minimum absolute atomic E-state index is 0.0213. The number of hydrogen-bond donors (Lipinski definition) is 3. The number of fused-ring (bicyclic) bond motifs is 1. The molecule has 0 atom stereocenters. The maximum Gasteiger partial charge on any atom is 0.226 e. The lowest BCUT2D eigenvalue weighted by atomic mass is 10.2. The summed E-state index contributed by atoms with van der Waals surface area (Å²) in [5.74, 6) is 1.14. The van der Waals surface area contributed by atoms with E-state index in [0.717, 1.165) is 16.7 Å². The summed E-state index contributed by atoms with van der Waals surface area (Å²) >= 11 is 0. The van der Waals surface area contributed by atoms with Crippen LogP contribution in [0.25, 0.3) is 11.0 Å². The van der Waals surface area contributed by atoms with Gasteiger partial charge in [0, 0.05) is 19.3 Å². The Morgan fingerprint density at radius 2 is 2.14 bits per heavy atom. The molecule has 0 saturated heterocycles. The highest BCUT2D eigenvalue weighted by Crippen LogP contribution is 2.25. The molecule has 0 radical (unpaired) electrons. The minimum atomic E-state index is 0.0213. The lowest BCUT2D eigenvalue weighted by molar-refractivity contribution is 0.311. The van der Waals surface area contributed by atoms with Crippen LogP contribution in [0.2, 0.25) is 0 Å². The van der Waals surface area contributed by atoms with E-state index in [2.05, 4.69) is 25.7 Å². The monoisotopic (exact) mass is 298 g/mol. The highest BCUT2D eigenvalue weighted by atomic mass is 16.3. The molecule has 22 heavy (non-hydrogen) atoms. The zero-order chi connectivity index (χ0) is 15.5. The smallest absolute Gasteiger partial charge is 0.226 e. The SMILES string of the molecule is Cc1cccc(Nc2nc(NCCO)nc3c2cnn3C)c1. The fourth-order valence-corrected chi connectivity index (χ4v) is 2.22. The van der Waals surface area contributed by atoms with E-state index < -0.39 is 0 Å². The third kappa shape index (κ3) is 2.84. The number of hydrogen-bond acceptors (Lipinski definition) is 6. The van der Waals surface area contributed by atoms with Gasteiger partial charge in [-0.3, -0.25) is 4.68 Å². The first-order valence-corrected chi connectivity index (χ1v) is 7.05. The van der Waals surface area contributed by atoms with Crippen LogP contribution in [0.3, 0.4) is 0 Å². The topological polar surface area (TPSA) is 87.9 Å². The average molecular weight is 298 g/mol. The van der Waals surface area contributed by atoms with Gasteiger partial charge >= 0.3 is 0 Å². The molecule has 0 aliphatic heterocycles. The number of aryl methyl sites for hydroxylation is 2. The standard InChI is InChI=1S/C15H18N6O/c1-10-4-3-5-11(8-10)18-13-12-9-17-21(2)14(12)20-15(19-13)16-6-7-22/h3-5,8-9,22H,6-7H2,1-2H3,(H2,16,18,19,20). The second-order valence-electron chi connectivity index (χ2n) is 5.05. The van der Waals surface area contributed by atoms with Crippen molar-refractivity contribution >= 4 is 28.5 Å². The highest BCUT2D eigenvalue weighted by molar-refractivity contribution is 5.89. The van der Waals surface area contributed by atoms with E-state index in [1.54, 1.807) is 10.9 Å². The van der Waals surface area contributed by atoms with E-state index in [1.807, 2.05) is 38.2 Å². The van der Waals surface area contributed by atoms with Crippen LogP contribution in [0.4, 0.5) is 17.5 Å². The second-order valence-corrected chi connectivity index (χ2v) is 5.05. The van der Waals surface area contributed by atoms with Crippen LogP contribution in [0, 0.1) is 6.92 Å². The van der Waals surface area contributed by atoms with Crippen molar-refractivity contribution in [1.82, 2.24) is 19.7 Å². The minimum Gasteiger partial charge on any atom is -0.395 e. The van der Waals surface area contributed by atoms with Gasteiger partial charge in [0.15, 0.2) is 5.65 Å². The molecule has 0 amide bonds. The number of aliphatic hydroxyl groups excluding tert-OH is 1. The molecule has 114 valence electrons. The quantitative estimate of drug-likeness (QED) is 0.666. The molecule has 1 aromatic carbocycles. The van der Waals surface area contributed by atoms with Gasteiger partial charge in [-0.15, -0.1) is 0 Å². The van der Waals surface area contributed by atoms with E-state index in [1.165, 1.54) is 5.56 Å². The molecule has 0 aliphatic carbocycles. The van der Waals surface area contributed by atoms with E-state index in [4.69, 9.17) is 5.11 Å². The maximum absolute atomic E-state index is 8.94. The normalized spacial score (nSPS) is 10.9. The summed E-state index contributed by atoms with van der Waals surface area (Å²) in [6, 6.07) is 8.06. The van der Waals surface area contributed by atoms with Crippen molar-refractivity contribution in [2.24, 2.45) is 7.05 Å². The Balaban J connectivity index is 2.02. The summed E-state index contributed by atoms with van der Waals surface area (Å²) in [6.45, 7) is 2.46. The second kappa shape index (κ2) is 5.98. The van der Waals surface area contributed by atoms with Gasteiger partial charge in [0.1, 0.15) is 5.82 Å². The van der Waals surface area contributed by atoms with E-state index in [9.17, 15) is 0 Å². The van der Waals surface area contributed by atoms with Crippen molar-refractivity contribution in [3.8, 4) is 0 Å². The van der Waals surface area contributed by atoms with Gasteiger partial charge < -0.3 is 15.7 Å². The van der Waals surface area contributed by atoms with Crippen molar-refractivity contribution in [1.29, 1.82) is 0 Å². The molecule has 0 fully saturated rings. The van der Waals surface area contributed by atoms with Gasteiger partial charge in [-0.05, 0) is 24.6 Å². The first kappa shape index (κ1) is 14.3. The van der Waals surface area contributed by atoms with Gasteiger partial charge in [-0.2, -0.15) is 15.1 Å². The molecule has 3 aromatic rings. The predicted molar refractivity (Wildman–Crippen MR) is 86.3 cm³/mol. The third-order valence-electron chi connectivity index (χ3n) is 3.27. The molecule has 0 spiro atoms. The lowest BCUT2D eigenvalue weighted by Crippen LogP contribution is -2.10. The van der Waals surface area contributed by atoms with Crippen LogP contribution in [-0.2, 0) is 7.05 Å².